The van der Waals surface area contributed by atoms with Crippen LogP contribution in [0.15, 0.2) is 35.7 Å². The number of methoxy groups -OCH3 is 1. The SMILES string of the molecule is COc1ccccc1CNC(=O)COC(=O)c1sccc1C. The molecular formula is C16H17NO4S. The fraction of sp³-hybridized carbons (Fsp3) is 0.250. The summed E-state index contributed by atoms with van der Waals surface area (Å²) in [5, 5.41) is 4.51. The van der Waals surface area contributed by atoms with Gasteiger partial charge >= 0.3 is 5.97 Å². The van der Waals surface area contributed by atoms with Crippen molar-refractivity contribution in [3.05, 3.63) is 51.7 Å². The summed E-state index contributed by atoms with van der Waals surface area (Å²) in [7, 11) is 1.58. The zero-order valence-electron chi connectivity index (χ0n) is 12.4. The molecule has 6 heteroatoms. The molecule has 2 aromatic rings. The van der Waals surface area contributed by atoms with Gasteiger partial charge in [0.25, 0.3) is 5.91 Å². The predicted octanol–water partition coefficient (Wildman–Crippen LogP) is 2.54. The van der Waals surface area contributed by atoms with Crippen LogP contribution in [0, 0.1) is 6.92 Å². The fourth-order valence-corrected chi connectivity index (χ4v) is 2.69. The number of ether oxygens (including phenoxy) is 2. The van der Waals surface area contributed by atoms with Gasteiger partial charge in [0.1, 0.15) is 10.6 Å². The number of aryl methyl sites for hydroxylation is 1. The second kappa shape index (κ2) is 7.61. The molecule has 1 aromatic heterocycles. The topological polar surface area (TPSA) is 64.6 Å². The third-order valence-corrected chi connectivity index (χ3v) is 4.05. The van der Waals surface area contributed by atoms with Crippen LogP contribution < -0.4 is 10.1 Å². The number of rotatable bonds is 6. The average Bonchev–Trinajstić information content (AvgIpc) is 2.97. The van der Waals surface area contributed by atoms with Crippen molar-refractivity contribution >= 4 is 23.2 Å². The number of hydrogen-bond acceptors (Lipinski definition) is 5. The van der Waals surface area contributed by atoms with Crippen LogP contribution >= 0.6 is 11.3 Å². The Kier molecular flexibility index (Phi) is 5.55. The van der Waals surface area contributed by atoms with Crippen LogP contribution in [0.25, 0.3) is 0 Å². The van der Waals surface area contributed by atoms with Crippen LogP contribution in [0.1, 0.15) is 20.8 Å². The van der Waals surface area contributed by atoms with Crippen molar-refractivity contribution in [2.24, 2.45) is 0 Å². The molecule has 0 spiro atoms. The number of carbonyl (C=O) groups is 2. The number of hydrogen-bond donors (Lipinski definition) is 1. The van der Waals surface area contributed by atoms with E-state index in [9.17, 15) is 9.59 Å². The van der Waals surface area contributed by atoms with Gasteiger partial charge in [0, 0.05) is 12.1 Å². The van der Waals surface area contributed by atoms with E-state index < -0.39 is 5.97 Å². The van der Waals surface area contributed by atoms with Crippen molar-refractivity contribution in [2.45, 2.75) is 13.5 Å². The molecule has 0 aliphatic heterocycles. The van der Waals surface area contributed by atoms with E-state index in [1.54, 1.807) is 7.11 Å². The minimum atomic E-state index is -0.472. The van der Waals surface area contributed by atoms with E-state index in [1.165, 1.54) is 11.3 Å². The molecule has 0 fully saturated rings. The van der Waals surface area contributed by atoms with E-state index in [0.717, 1.165) is 11.1 Å². The first-order valence-electron chi connectivity index (χ1n) is 6.71. The van der Waals surface area contributed by atoms with Gasteiger partial charge in [-0.05, 0) is 30.0 Å². The zero-order valence-corrected chi connectivity index (χ0v) is 13.2. The summed E-state index contributed by atoms with van der Waals surface area (Å²) >= 11 is 1.30. The Morgan fingerprint density at radius 1 is 1.23 bits per heavy atom. The summed E-state index contributed by atoms with van der Waals surface area (Å²) < 4.78 is 10.2. The molecule has 1 amide bonds. The Hall–Kier alpha value is -2.34. The number of nitrogens with one attached hydrogen (secondary N) is 1. The van der Waals surface area contributed by atoms with Crippen LogP contribution in [0.4, 0.5) is 0 Å². The highest BCUT2D eigenvalue weighted by Gasteiger charge is 2.14. The minimum Gasteiger partial charge on any atom is -0.496 e. The lowest BCUT2D eigenvalue weighted by Crippen LogP contribution is -2.28. The van der Waals surface area contributed by atoms with Crippen molar-refractivity contribution in [3.8, 4) is 5.75 Å². The molecule has 1 aromatic carbocycles. The van der Waals surface area contributed by atoms with Gasteiger partial charge in [-0.15, -0.1) is 11.3 Å². The highest BCUT2D eigenvalue weighted by molar-refractivity contribution is 7.12. The van der Waals surface area contributed by atoms with Gasteiger partial charge in [0.2, 0.25) is 0 Å². The molecule has 0 aliphatic carbocycles. The maximum Gasteiger partial charge on any atom is 0.349 e. The molecular weight excluding hydrogens is 302 g/mol. The maximum absolute atomic E-state index is 11.8. The van der Waals surface area contributed by atoms with Crippen molar-refractivity contribution in [2.75, 3.05) is 13.7 Å². The lowest BCUT2D eigenvalue weighted by molar-refractivity contribution is -0.124. The molecule has 0 saturated carbocycles. The summed E-state index contributed by atoms with van der Waals surface area (Å²) in [5.74, 6) is -0.123. The smallest absolute Gasteiger partial charge is 0.349 e. The normalized spacial score (nSPS) is 10.1. The third kappa shape index (κ3) is 4.08. The molecule has 22 heavy (non-hydrogen) atoms. The molecule has 0 atom stereocenters. The molecule has 0 radical (unpaired) electrons. The first-order valence-corrected chi connectivity index (χ1v) is 7.59. The number of para-hydroxylation sites is 1. The van der Waals surface area contributed by atoms with E-state index in [0.29, 0.717) is 17.2 Å². The second-order valence-electron chi connectivity index (χ2n) is 4.60. The summed E-state index contributed by atoms with van der Waals surface area (Å²) in [6.07, 6.45) is 0. The van der Waals surface area contributed by atoms with Gasteiger partial charge < -0.3 is 14.8 Å². The number of amides is 1. The highest BCUT2D eigenvalue weighted by Crippen LogP contribution is 2.17. The monoisotopic (exact) mass is 319 g/mol. The highest BCUT2D eigenvalue weighted by atomic mass is 32.1. The Morgan fingerprint density at radius 3 is 2.68 bits per heavy atom. The number of benzene rings is 1. The summed E-state index contributed by atoms with van der Waals surface area (Å²) in [6.45, 7) is 1.85. The maximum atomic E-state index is 11.8. The number of carbonyl (C=O) groups excluding carboxylic acids is 2. The lowest BCUT2D eigenvalue weighted by atomic mass is 10.2. The van der Waals surface area contributed by atoms with Gasteiger partial charge in [-0.3, -0.25) is 4.79 Å². The van der Waals surface area contributed by atoms with Crippen molar-refractivity contribution in [1.29, 1.82) is 0 Å². The van der Waals surface area contributed by atoms with E-state index in [-0.39, 0.29) is 12.5 Å². The van der Waals surface area contributed by atoms with Gasteiger partial charge in [-0.25, -0.2) is 4.79 Å². The third-order valence-electron chi connectivity index (χ3n) is 3.05. The quantitative estimate of drug-likeness (QED) is 0.831. The van der Waals surface area contributed by atoms with Crippen LogP contribution in [0.3, 0.4) is 0 Å². The lowest BCUT2D eigenvalue weighted by Gasteiger charge is -2.09. The molecule has 0 bridgehead atoms. The Morgan fingerprint density at radius 2 is 2.00 bits per heavy atom. The molecule has 0 saturated heterocycles. The summed E-state index contributed by atoms with van der Waals surface area (Å²) in [5.41, 5.74) is 1.71. The van der Waals surface area contributed by atoms with E-state index >= 15 is 0 Å². The molecule has 0 unspecified atom stereocenters. The van der Waals surface area contributed by atoms with Crippen molar-refractivity contribution < 1.29 is 19.1 Å². The molecule has 116 valence electrons. The largest absolute Gasteiger partial charge is 0.496 e. The minimum absolute atomic E-state index is 0.300. The molecule has 2 rings (SSSR count). The first-order chi connectivity index (χ1) is 10.6. The fourth-order valence-electron chi connectivity index (χ4n) is 1.87. The van der Waals surface area contributed by atoms with Gasteiger partial charge in [-0.2, -0.15) is 0 Å². The summed E-state index contributed by atoms with van der Waals surface area (Å²) in [6, 6.07) is 9.24. The first kappa shape index (κ1) is 16.0. The van der Waals surface area contributed by atoms with Gasteiger partial charge in [0.15, 0.2) is 6.61 Å². The van der Waals surface area contributed by atoms with Crippen LogP contribution in [-0.4, -0.2) is 25.6 Å². The molecule has 1 N–H and O–H groups in total. The Balaban J connectivity index is 1.81. The Bertz CT molecular complexity index is 666. The second-order valence-corrected chi connectivity index (χ2v) is 5.51. The van der Waals surface area contributed by atoms with E-state index in [4.69, 9.17) is 9.47 Å². The molecule has 1 heterocycles. The van der Waals surface area contributed by atoms with E-state index in [2.05, 4.69) is 5.32 Å². The van der Waals surface area contributed by atoms with Crippen molar-refractivity contribution in [3.63, 3.8) is 0 Å². The van der Waals surface area contributed by atoms with Crippen molar-refractivity contribution in [1.82, 2.24) is 5.32 Å². The average molecular weight is 319 g/mol. The Labute approximate surface area is 132 Å². The summed E-state index contributed by atoms with van der Waals surface area (Å²) in [4.78, 5) is 24.1. The molecule has 5 nitrogen and oxygen atoms in total. The van der Waals surface area contributed by atoms with E-state index in [1.807, 2.05) is 42.6 Å². The van der Waals surface area contributed by atoms with Gasteiger partial charge in [0.05, 0.1) is 7.11 Å². The van der Waals surface area contributed by atoms with Crippen LogP contribution in [0.5, 0.6) is 5.75 Å². The number of thiophene rings is 1. The molecule has 0 aliphatic rings. The predicted molar refractivity (Wildman–Crippen MR) is 84.2 cm³/mol. The standard InChI is InChI=1S/C16H17NO4S/c1-11-7-8-22-15(11)16(19)21-10-14(18)17-9-12-5-3-4-6-13(12)20-2/h3-8H,9-10H2,1-2H3,(H,17,18). The number of esters is 1. The zero-order chi connectivity index (χ0) is 15.9. The van der Waals surface area contributed by atoms with Gasteiger partial charge in [-0.1, -0.05) is 18.2 Å². The van der Waals surface area contributed by atoms with Crippen LogP contribution in [-0.2, 0) is 16.1 Å². The van der Waals surface area contributed by atoms with Crippen LogP contribution in [0.2, 0.25) is 0 Å².